The van der Waals surface area contributed by atoms with Crippen molar-refractivity contribution in [2.24, 2.45) is 0 Å². The second-order valence-corrected chi connectivity index (χ2v) is 9.63. The van der Waals surface area contributed by atoms with E-state index in [9.17, 15) is 9.36 Å². The normalized spacial score (nSPS) is 12.1. The molecule has 1 amide bonds. The van der Waals surface area contributed by atoms with Gasteiger partial charge in [-0.3, -0.25) is 9.32 Å². The lowest BCUT2D eigenvalue weighted by Crippen LogP contribution is -2.25. The van der Waals surface area contributed by atoms with E-state index >= 15 is 0 Å². The van der Waals surface area contributed by atoms with Crippen LogP contribution in [0.5, 0.6) is 17.2 Å². The number of benzene rings is 2. The molecule has 13 heteroatoms. The number of carbonyl (C=O) groups is 1. The van der Waals surface area contributed by atoms with Gasteiger partial charge in [0.05, 0.1) is 32.7 Å². The van der Waals surface area contributed by atoms with Crippen LogP contribution in [0.3, 0.4) is 0 Å². The molecular formula is C26H30N6O6P+. The Morgan fingerprint density at radius 1 is 1.10 bits per heavy atom. The molecule has 2 unspecified atom stereocenters. The van der Waals surface area contributed by atoms with Crippen LogP contribution >= 0.6 is 8.03 Å². The first kappa shape index (κ1) is 27.7. The van der Waals surface area contributed by atoms with Crippen molar-refractivity contribution in [3.63, 3.8) is 0 Å². The third-order valence-corrected chi connectivity index (χ3v) is 6.36. The van der Waals surface area contributed by atoms with E-state index in [0.29, 0.717) is 65.9 Å². The Bertz CT molecular complexity index is 1410. The fourth-order valence-corrected chi connectivity index (χ4v) is 4.40. The molecule has 0 aliphatic rings. The Balaban J connectivity index is 1.15. The number of anilines is 1. The first-order chi connectivity index (χ1) is 18.9. The van der Waals surface area contributed by atoms with Crippen LogP contribution in [-0.2, 0) is 15.8 Å². The molecule has 2 aromatic heterocycles. The molecule has 3 N–H and O–H groups in total. The van der Waals surface area contributed by atoms with Gasteiger partial charge in [-0.05, 0) is 54.3 Å². The summed E-state index contributed by atoms with van der Waals surface area (Å²) >= 11 is 0. The minimum absolute atomic E-state index is 0.0841. The Labute approximate surface area is 226 Å². The van der Waals surface area contributed by atoms with Crippen molar-refractivity contribution in [2.45, 2.75) is 26.0 Å². The van der Waals surface area contributed by atoms with Crippen LogP contribution in [-0.4, -0.2) is 58.1 Å². The minimum atomic E-state index is -2.11. The van der Waals surface area contributed by atoms with Crippen LogP contribution in [0.15, 0.2) is 61.2 Å². The van der Waals surface area contributed by atoms with Gasteiger partial charge >= 0.3 is 8.03 Å². The van der Waals surface area contributed by atoms with Crippen molar-refractivity contribution < 1.29 is 28.1 Å². The highest BCUT2D eigenvalue weighted by Gasteiger charge is 2.22. The van der Waals surface area contributed by atoms with E-state index in [1.807, 2.05) is 6.92 Å². The maximum atomic E-state index is 12.5. The van der Waals surface area contributed by atoms with E-state index in [1.165, 1.54) is 6.33 Å². The van der Waals surface area contributed by atoms with E-state index in [2.05, 4.69) is 20.3 Å². The maximum absolute atomic E-state index is 12.5. The summed E-state index contributed by atoms with van der Waals surface area (Å²) in [5, 5.41) is 2.85. The van der Waals surface area contributed by atoms with Gasteiger partial charge in [-0.1, -0.05) is 6.07 Å². The van der Waals surface area contributed by atoms with Gasteiger partial charge in [-0.15, -0.1) is 0 Å². The SMILES string of the molecule is COc1ccc(C(=O)NCCCOc2cccc(O[P+](=O)COC(C)Cn3cnc4c(N)ncnc43)c2)cc1. The summed E-state index contributed by atoms with van der Waals surface area (Å²) in [6.07, 6.45) is 3.25. The number of aromatic nitrogens is 4. The summed E-state index contributed by atoms with van der Waals surface area (Å²) in [4.78, 5) is 24.6. The zero-order valence-corrected chi connectivity index (χ0v) is 22.5. The minimum Gasteiger partial charge on any atom is -0.497 e. The molecule has 0 bridgehead atoms. The van der Waals surface area contributed by atoms with Crippen molar-refractivity contribution in [2.75, 3.05) is 32.3 Å². The average Bonchev–Trinajstić information content (AvgIpc) is 3.35. The van der Waals surface area contributed by atoms with Gasteiger partial charge in [0.2, 0.25) is 0 Å². The third-order valence-electron chi connectivity index (χ3n) is 5.59. The number of hydrogen-bond donors (Lipinski definition) is 2. The average molecular weight is 554 g/mol. The number of nitrogens with two attached hydrogens (primary N) is 1. The molecule has 0 aliphatic carbocycles. The molecule has 0 aliphatic heterocycles. The number of nitrogens with zero attached hydrogens (tertiary/aromatic N) is 4. The number of carbonyl (C=O) groups excluding carboxylic acids is 1. The van der Waals surface area contributed by atoms with Crippen LogP contribution in [0.4, 0.5) is 5.82 Å². The third kappa shape index (κ3) is 7.86. The predicted octanol–water partition coefficient (Wildman–Crippen LogP) is 3.80. The molecule has 4 aromatic rings. The number of hydrogen-bond acceptors (Lipinski definition) is 10. The van der Waals surface area contributed by atoms with Gasteiger partial charge in [-0.25, -0.2) is 15.0 Å². The fraction of sp³-hybridized carbons (Fsp3) is 0.308. The number of amides is 1. The Hall–Kier alpha value is -4.28. The van der Waals surface area contributed by atoms with Crippen molar-refractivity contribution >= 4 is 30.9 Å². The van der Waals surface area contributed by atoms with E-state index in [-0.39, 0.29) is 18.4 Å². The molecular weight excluding hydrogens is 523 g/mol. The molecule has 0 fully saturated rings. The largest absolute Gasteiger partial charge is 0.585 e. The standard InChI is InChI=1S/C26H29N6O6P/c1-18(14-32-16-31-23-24(27)29-15-30-25(23)32)37-17-39(34)38-22-6-3-5-21(13-22)36-12-4-11-28-26(33)19-7-9-20(35-2)10-8-19/h3,5-10,13,15-16,18H,4,11-12,14,17H2,1-2H3,(H2-,27,28,29,30,33)/p+1. The molecule has 0 saturated heterocycles. The van der Waals surface area contributed by atoms with Gasteiger partial charge in [0.1, 0.15) is 23.3 Å². The van der Waals surface area contributed by atoms with Crippen LogP contribution in [0.2, 0.25) is 0 Å². The Kier molecular flexibility index (Phi) is 9.60. The van der Waals surface area contributed by atoms with E-state index in [0.717, 1.165) is 0 Å². The molecule has 0 spiro atoms. The molecule has 4 rings (SSSR count). The smallest absolute Gasteiger partial charge is 0.497 e. The summed E-state index contributed by atoms with van der Waals surface area (Å²) in [6, 6.07) is 13.8. The summed E-state index contributed by atoms with van der Waals surface area (Å²) in [7, 11) is -0.533. The molecule has 2 aromatic carbocycles. The molecule has 12 nitrogen and oxygen atoms in total. The quantitative estimate of drug-likeness (QED) is 0.174. The first-order valence-corrected chi connectivity index (χ1v) is 13.6. The highest BCUT2D eigenvalue weighted by molar-refractivity contribution is 7.39. The van der Waals surface area contributed by atoms with Gasteiger partial charge in [-0.2, -0.15) is 0 Å². The number of imidazole rings is 1. The van der Waals surface area contributed by atoms with Gasteiger partial charge < -0.3 is 29.8 Å². The van der Waals surface area contributed by atoms with Gasteiger partial charge in [0, 0.05) is 18.2 Å². The number of ether oxygens (including phenoxy) is 3. The number of methoxy groups -OCH3 is 1. The number of fused-ring (bicyclic) bond motifs is 1. The van der Waals surface area contributed by atoms with Crippen molar-refractivity contribution in [1.29, 1.82) is 0 Å². The maximum Gasteiger partial charge on any atom is 0.585 e. The monoisotopic (exact) mass is 553 g/mol. The van der Waals surface area contributed by atoms with E-state index in [1.54, 1.807) is 66.5 Å². The van der Waals surface area contributed by atoms with Gasteiger partial charge in [0.25, 0.3) is 12.3 Å². The molecule has 2 heterocycles. The summed E-state index contributed by atoms with van der Waals surface area (Å²) in [5.41, 5.74) is 7.51. The zero-order valence-electron chi connectivity index (χ0n) is 21.6. The van der Waals surface area contributed by atoms with Crippen molar-refractivity contribution in [3.05, 3.63) is 66.7 Å². The van der Waals surface area contributed by atoms with Crippen LogP contribution < -0.4 is 25.0 Å². The van der Waals surface area contributed by atoms with E-state index in [4.69, 9.17) is 24.5 Å². The number of rotatable bonds is 14. The van der Waals surface area contributed by atoms with Crippen LogP contribution in [0, 0.1) is 0 Å². The number of nitrogens with one attached hydrogen (secondary N) is 1. The first-order valence-electron chi connectivity index (χ1n) is 12.2. The topological polar surface area (TPSA) is 153 Å². The van der Waals surface area contributed by atoms with Crippen LogP contribution in [0.1, 0.15) is 23.7 Å². The summed E-state index contributed by atoms with van der Waals surface area (Å²) in [5.74, 6) is 1.82. The summed E-state index contributed by atoms with van der Waals surface area (Å²) in [6.45, 7) is 3.14. The second kappa shape index (κ2) is 13.5. The molecule has 0 saturated carbocycles. The Morgan fingerprint density at radius 3 is 2.69 bits per heavy atom. The zero-order chi connectivity index (χ0) is 27.6. The summed E-state index contributed by atoms with van der Waals surface area (Å²) < 4.78 is 36.3. The second-order valence-electron chi connectivity index (χ2n) is 8.52. The highest BCUT2D eigenvalue weighted by atomic mass is 31.1. The lowest BCUT2D eigenvalue weighted by molar-refractivity contribution is 0.0852. The fourth-order valence-electron chi connectivity index (χ4n) is 3.62. The lowest BCUT2D eigenvalue weighted by atomic mass is 10.2. The number of nitrogen functional groups attached to an aromatic ring is 1. The van der Waals surface area contributed by atoms with E-state index < -0.39 is 8.03 Å². The predicted molar refractivity (Wildman–Crippen MR) is 145 cm³/mol. The van der Waals surface area contributed by atoms with Gasteiger partial charge in [0.15, 0.2) is 17.2 Å². The molecule has 2 atom stereocenters. The molecule has 204 valence electrons. The van der Waals surface area contributed by atoms with Crippen molar-refractivity contribution in [1.82, 2.24) is 24.8 Å². The lowest BCUT2D eigenvalue weighted by Gasteiger charge is -2.10. The highest BCUT2D eigenvalue weighted by Crippen LogP contribution is 2.30. The van der Waals surface area contributed by atoms with Crippen LogP contribution in [0.25, 0.3) is 11.2 Å². The molecule has 0 radical (unpaired) electrons. The Morgan fingerprint density at radius 2 is 1.90 bits per heavy atom. The van der Waals surface area contributed by atoms with Crippen molar-refractivity contribution in [3.8, 4) is 17.2 Å². The molecule has 39 heavy (non-hydrogen) atoms.